The highest BCUT2D eigenvalue weighted by molar-refractivity contribution is 5.99. The fourth-order valence-electron chi connectivity index (χ4n) is 3.07. The minimum absolute atomic E-state index is 0.0921. The number of benzene rings is 3. The number of para-hydroxylation sites is 1. The molecular weight excluding hydrogens is 438 g/mol. The number of nitro benzene ring substituents is 1. The van der Waals surface area contributed by atoms with E-state index in [-0.39, 0.29) is 29.9 Å². The Morgan fingerprint density at radius 1 is 0.882 bits per heavy atom. The molecular formula is C24H23N5O5. The van der Waals surface area contributed by atoms with Gasteiger partial charge < -0.3 is 21.3 Å². The molecule has 10 heteroatoms. The lowest BCUT2D eigenvalue weighted by Gasteiger charge is -2.15. The molecule has 0 heterocycles. The summed E-state index contributed by atoms with van der Waals surface area (Å²) in [5.41, 5.74) is 1.94. The van der Waals surface area contributed by atoms with Gasteiger partial charge in [0.1, 0.15) is 0 Å². The standard InChI is InChI=1S/C24H23N5O5/c1-16(26-22(30)15-25-23(31)18-6-5-9-21(14-18)29(33)34)17-10-12-20(13-11-17)28-24(32)27-19-7-3-2-4-8-19/h2-14,16H,15H2,1H3,(H,25,31)(H,26,30)(H2,27,28,32). The van der Waals surface area contributed by atoms with Crippen LogP contribution in [0.3, 0.4) is 0 Å². The smallest absolute Gasteiger partial charge is 0.323 e. The fourth-order valence-corrected chi connectivity index (χ4v) is 3.07. The highest BCUT2D eigenvalue weighted by Gasteiger charge is 2.14. The number of nitrogens with zero attached hydrogens (tertiary/aromatic N) is 1. The van der Waals surface area contributed by atoms with Crippen molar-refractivity contribution in [1.82, 2.24) is 10.6 Å². The minimum atomic E-state index is -0.596. The van der Waals surface area contributed by atoms with E-state index in [2.05, 4.69) is 21.3 Å². The number of carbonyl (C=O) groups excluding carboxylic acids is 3. The predicted molar refractivity (Wildman–Crippen MR) is 128 cm³/mol. The van der Waals surface area contributed by atoms with Gasteiger partial charge in [-0.2, -0.15) is 0 Å². The molecule has 0 fully saturated rings. The van der Waals surface area contributed by atoms with Gasteiger partial charge in [-0.05, 0) is 42.8 Å². The van der Waals surface area contributed by atoms with Crippen LogP contribution in [0.25, 0.3) is 0 Å². The predicted octanol–water partition coefficient (Wildman–Crippen LogP) is 3.85. The van der Waals surface area contributed by atoms with E-state index in [1.54, 1.807) is 43.3 Å². The van der Waals surface area contributed by atoms with Crippen molar-refractivity contribution in [3.63, 3.8) is 0 Å². The molecule has 0 saturated heterocycles. The first-order valence-electron chi connectivity index (χ1n) is 10.4. The molecule has 34 heavy (non-hydrogen) atoms. The third kappa shape index (κ3) is 6.89. The van der Waals surface area contributed by atoms with Crippen molar-refractivity contribution >= 4 is 34.9 Å². The molecule has 0 aliphatic rings. The quantitative estimate of drug-likeness (QED) is 0.298. The van der Waals surface area contributed by atoms with Crippen LogP contribution in [0.2, 0.25) is 0 Å². The van der Waals surface area contributed by atoms with Crippen molar-refractivity contribution in [3.8, 4) is 0 Å². The first-order valence-corrected chi connectivity index (χ1v) is 10.4. The van der Waals surface area contributed by atoms with Gasteiger partial charge in [-0.15, -0.1) is 0 Å². The van der Waals surface area contributed by atoms with Crippen LogP contribution in [-0.4, -0.2) is 29.3 Å². The van der Waals surface area contributed by atoms with Gasteiger partial charge in [0.15, 0.2) is 0 Å². The lowest BCUT2D eigenvalue weighted by atomic mass is 10.1. The average Bonchev–Trinajstić information content (AvgIpc) is 2.83. The summed E-state index contributed by atoms with van der Waals surface area (Å²) in [6.07, 6.45) is 0. The summed E-state index contributed by atoms with van der Waals surface area (Å²) in [5.74, 6) is -1.01. The second-order valence-corrected chi connectivity index (χ2v) is 7.35. The number of carbonyl (C=O) groups is 3. The van der Waals surface area contributed by atoms with Crippen LogP contribution < -0.4 is 21.3 Å². The van der Waals surface area contributed by atoms with Gasteiger partial charge in [-0.25, -0.2) is 4.79 Å². The Morgan fingerprint density at radius 3 is 2.18 bits per heavy atom. The van der Waals surface area contributed by atoms with Gasteiger partial charge in [0.05, 0.1) is 17.5 Å². The van der Waals surface area contributed by atoms with Gasteiger partial charge >= 0.3 is 6.03 Å². The van der Waals surface area contributed by atoms with Crippen LogP contribution in [0.1, 0.15) is 28.9 Å². The maximum Gasteiger partial charge on any atom is 0.323 e. The molecule has 1 unspecified atom stereocenters. The molecule has 3 aromatic carbocycles. The van der Waals surface area contributed by atoms with Crippen LogP contribution in [-0.2, 0) is 4.79 Å². The zero-order valence-electron chi connectivity index (χ0n) is 18.3. The van der Waals surface area contributed by atoms with Crippen molar-refractivity contribution < 1.29 is 19.3 Å². The van der Waals surface area contributed by atoms with Crippen LogP contribution in [0, 0.1) is 10.1 Å². The minimum Gasteiger partial charge on any atom is -0.348 e. The molecule has 1 atom stereocenters. The third-order valence-electron chi connectivity index (χ3n) is 4.81. The Balaban J connectivity index is 1.47. The maximum absolute atomic E-state index is 12.2. The van der Waals surface area contributed by atoms with E-state index in [0.29, 0.717) is 11.4 Å². The number of nitro groups is 1. The summed E-state index contributed by atoms with van der Waals surface area (Å²) in [6.45, 7) is 1.50. The van der Waals surface area contributed by atoms with Crippen molar-refractivity contribution in [3.05, 3.63) is 100 Å². The molecule has 0 aliphatic heterocycles. The second kappa shape index (κ2) is 11.2. The topological polar surface area (TPSA) is 142 Å². The average molecular weight is 461 g/mol. The molecule has 4 N–H and O–H groups in total. The summed E-state index contributed by atoms with van der Waals surface area (Å²) in [4.78, 5) is 46.7. The largest absolute Gasteiger partial charge is 0.348 e. The van der Waals surface area contributed by atoms with Crippen LogP contribution >= 0.6 is 0 Å². The van der Waals surface area contributed by atoms with E-state index in [0.717, 1.165) is 11.6 Å². The van der Waals surface area contributed by atoms with Gasteiger partial charge in [0, 0.05) is 29.1 Å². The Kier molecular flexibility index (Phi) is 7.90. The van der Waals surface area contributed by atoms with Gasteiger partial charge in [-0.1, -0.05) is 36.4 Å². The number of non-ortho nitro benzene ring substituents is 1. The normalized spacial score (nSPS) is 11.1. The lowest BCUT2D eigenvalue weighted by molar-refractivity contribution is -0.384. The summed E-state index contributed by atoms with van der Waals surface area (Å²) in [5, 5.41) is 21.5. The van der Waals surface area contributed by atoms with Crippen molar-refractivity contribution in [1.29, 1.82) is 0 Å². The van der Waals surface area contributed by atoms with Crippen molar-refractivity contribution in [2.24, 2.45) is 0 Å². The fraction of sp³-hybridized carbons (Fsp3) is 0.125. The van der Waals surface area contributed by atoms with E-state index in [4.69, 9.17) is 0 Å². The van der Waals surface area contributed by atoms with Gasteiger partial charge in [0.2, 0.25) is 5.91 Å². The lowest BCUT2D eigenvalue weighted by Crippen LogP contribution is -2.38. The number of amides is 4. The molecule has 10 nitrogen and oxygen atoms in total. The summed E-state index contributed by atoms with van der Waals surface area (Å²) < 4.78 is 0. The van der Waals surface area contributed by atoms with Crippen LogP contribution in [0.5, 0.6) is 0 Å². The van der Waals surface area contributed by atoms with Gasteiger partial charge in [0.25, 0.3) is 11.6 Å². The van der Waals surface area contributed by atoms with Gasteiger partial charge in [-0.3, -0.25) is 19.7 Å². The highest BCUT2D eigenvalue weighted by Crippen LogP contribution is 2.17. The Labute approximate surface area is 195 Å². The Morgan fingerprint density at radius 2 is 1.53 bits per heavy atom. The summed E-state index contributed by atoms with van der Waals surface area (Å²) in [7, 11) is 0. The molecule has 3 aromatic rings. The monoisotopic (exact) mass is 461 g/mol. The van der Waals surface area contributed by atoms with Crippen LogP contribution in [0.15, 0.2) is 78.9 Å². The van der Waals surface area contributed by atoms with Crippen molar-refractivity contribution in [2.45, 2.75) is 13.0 Å². The molecule has 0 aliphatic carbocycles. The number of anilines is 2. The van der Waals surface area contributed by atoms with E-state index >= 15 is 0 Å². The molecule has 0 spiro atoms. The maximum atomic E-state index is 12.2. The number of hydrogen-bond acceptors (Lipinski definition) is 5. The molecule has 0 saturated carbocycles. The summed E-state index contributed by atoms with van der Waals surface area (Å²) in [6, 6.07) is 20.5. The second-order valence-electron chi connectivity index (χ2n) is 7.35. The Hall–Kier alpha value is -4.73. The molecule has 3 rings (SSSR count). The molecule has 0 bridgehead atoms. The first kappa shape index (κ1) is 23.9. The molecule has 174 valence electrons. The van der Waals surface area contributed by atoms with Crippen LogP contribution in [0.4, 0.5) is 21.9 Å². The van der Waals surface area contributed by atoms with E-state index in [1.807, 2.05) is 18.2 Å². The SMILES string of the molecule is CC(NC(=O)CNC(=O)c1cccc([N+](=O)[O-])c1)c1ccc(NC(=O)Nc2ccccc2)cc1. The molecule has 0 aromatic heterocycles. The Bertz CT molecular complexity index is 1180. The number of hydrogen-bond donors (Lipinski definition) is 4. The van der Waals surface area contributed by atoms with E-state index in [1.165, 1.54) is 18.2 Å². The number of urea groups is 1. The number of rotatable bonds is 8. The van der Waals surface area contributed by atoms with E-state index in [9.17, 15) is 24.5 Å². The third-order valence-corrected chi connectivity index (χ3v) is 4.81. The highest BCUT2D eigenvalue weighted by atomic mass is 16.6. The zero-order chi connectivity index (χ0) is 24.5. The first-order chi connectivity index (χ1) is 16.3. The van der Waals surface area contributed by atoms with E-state index < -0.39 is 16.7 Å². The zero-order valence-corrected chi connectivity index (χ0v) is 18.3. The number of nitrogens with one attached hydrogen (secondary N) is 4. The molecule has 4 amide bonds. The summed E-state index contributed by atoms with van der Waals surface area (Å²) >= 11 is 0. The molecule has 0 radical (unpaired) electrons. The van der Waals surface area contributed by atoms with Crippen molar-refractivity contribution in [2.75, 3.05) is 17.2 Å².